The monoisotopic (exact) mass is 793 g/mol. The summed E-state index contributed by atoms with van der Waals surface area (Å²) in [6.07, 6.45) is 0. The SMILES string of the molecule is O=P1(c2ccccc2)c2ccccc2-c2ccc3c4ccccc4n(-c4ccc5c(-c6ccc7ccccc7c6)c6ccccc6c(-c6ccc7ccccc7c6)c5c4)c3c21. The average Bonchev–Trinajstić information content (AvgIpc) is 3.80. The Morgan fingerprint density at radius 1 is 0.361 bits per heavy atom. The molecule has 1 unspecified atom stereocenters. The molecule has 0 N–H and O–H groups in total. The van der Waals surface area contributed by atoms with E-state index in [2.05, 4.69) is 187 Å². The Morgan fingerprint density at radius 2 is 0.902 bits per heavy atom. The lowest BCUT2D eigenvalue weighted by Gasteiger charge is -2.21. The van der Waals surface area contributed by atoms with Crippen molar-refractivity contribution in [2.45, 2.75) is 0 Å². The van der Waals surface area contributed by atoms with Gasteiger partial charge in [0.15, 0.2) is 7.14 Å². The lowest BCUT2D eigenvalue weighted by atomic mass is 9.85. The first-order valence-corrected chi connectivity index (χ1v) is 22.7. The van der Waals surface area contributed by atoms with Gasteiger partial charge in [-0.3, -0.25) is 0 Å². The van der Waals surface area contributed by atoms with Crippen molar-refractivity contribution in [3.05, 3.63) is 218 Å². The number of para-hydroxylation sites is 1. The minimum atomic E-state index is -3.30. The van der Waals surface area contributed by atoms with Gasteiger partial charge in [-0.15, -0.1) is 0 Å². The molecule has 284 valence electrons. The molecular formula is C58H36NOP. The number of nitrogens with zero attached hydrogens (tertiary/aromatic N) is 1. The summed E-state index contributed by atoms with van der Waals surface area (Å²) >= 11 is 0. The zero-order chi connectivity index (χ0) is 40.2. The number of fused-ring (bicyclic) bond motifs is 11. The third kappa shape index (κ3) is 4.89. The van der Waals surface area contributed by atoms with Crippen molar-refractivity contribution in [2.75, 3.05) is 0 Å². The van der Waals surface area contributed by atoms with Gasteiger partial charge in [0.1, 0.15) is 0 Å². The van der Waals surface area contributed by atoms with Crippen molar-refractivity contribution >= 4 is 88.0 Å². The molecule has 61 heavy (non-hydrogen) atoms. The van der Waals surface area contributed by atoms with Gasteiger partial charge in [0.25, 0.3) is 0 Å². The van der Waals surface area contributed by atoms with Crippen molar-refractivity contribution in [3.8, 4) is 39.1 Å². The Hall–Kier alpha value is -7.51. The van der Waals surface area contributed by atoms with E-state index in [9.17, 15) is 0 Å². The highest BCUT2D eigenvalue weighted by molar-refractivity contribution is 7.86. The first-order chi connectivity index (χ1) is 30.1. The summed E-state index contributed by atoms with van der Waals surface area (Å²) in [6.45, 7) is 0. The second-order valence-corrected chi connectivity index (χ2v) is 19.0. The molecule has 0 bridgehead atoms. The lowest BCUT2D eigenvalue weighted by molar-refractivity contribution is 0.593. The molecule has 11 aromatic carbocycles. The lowest BCUT2D eigenvalue weighted by Crippen LogP contribution is -2.22. The summed E-state index contributed by atoms with van der Waals surface area (Å²) in [6, 6.07) is 78.5. The number of aromatic nitrogens is 1. The van der Waals surface area contributed by atoms with E-state index >= 15 is 4.57 Å². The summed E-state index contributed by atoms with van der Waals surface area (Å²) < 4.78 is 18.7. The molecule has 1 aliphatic rings. The van der Waals surface area contributed by atoms with Gasteiger partial charge in [0.2, 0.25) is 0 Å². The van der Waals surface area contributed by atoms with Gasteiger partial charge in [-0.25, -0.2) is 0 Å². The number of benzene rings is 11. The largest absolute Gasteiger partial charge is 0.309 e. The van der Waals surface area contributed by atoms with E-state index in [1.165, 1.54) is 65.3 Å². The Labute approximate surface area is 353 Å². The van der Waals surface area contributed by atoms with Crippen LogP contribution in [-0.2, 0) is 4.57 Å². The highest BCUT2D eigenvalue weighted by Gasteiger charge is 2.42. The number of hydrogen-bond acceptors (Lipinski definition) is 1. The summed E-state index contributed by atoms with van der Waals surface area (Å²) in [5, 5.41) is 14.6. The second kappa shape index (κ2) is 13.0. The molecule has 0 amide bonds. The minimum Gasteiger partial charge on any atom is -0.309 e. The summed E-state index contributed by atoms with van der Waals surface area (Å²) in [5.41, 5.74) is 10.0. The van der Waals surface area contributed by atoms with Gasteiger partial charge in [-0.1, -0.05) is 188 Å². The molecule has 0 spiro atoms. The average molecular weight is 794 g/mol. The Bertz CT molecular complexity index is 3860. The molecule has 3 heteroatoms. The zero-order valence-electron chi connectivity index (χ0n) is 33.1. The number of rotatable bonds is 4. The third-order valence-electron chi connectivity index (χ3n) is 13.1. The van der Waals surface area contributed by atoms with Crippen molar-refractivity contribution in [1.29, 1.82) is 0 Å². The van der Waals surface area contributed by atoms with E-state index in [1.54, 1.807) is 0 Å². The molecule has 1 aromatic heterocycles. The maximum atomic E-state index is 16.3. The third-order valence-corrected chi connectivity index (χ3v) is 16.3. The molecule has 0 saturated carbocycles. The molecule has 0 fully saturated rings. The first kappa shape index (κ1) is 34.4. The molecule has 2 heterocycles. The maximum absolute atomic E-state index is 16.3. The minimum absolute atomic E-state index is 0.856. The zero-order valence-corrected chi connectivity index (χ0v) is 34.0. The molecule has 1 aliphatic heterocycles. The standard InChI is InChI=1S/C58H36NOP/c60-61(44-18-2-1-3-19-44)54-25-13-11-21-46(54)51-33-32-50-45-20-10-12-24-53(45)59(57(50)58(51)61)43-30-31-49-52(36-43)56(42-29-27-38-15-5-7-17-40(38)35-42)48-23-9-8-22-47(48)55(49)41-28-26-37-14-4-6-16-39(37)34-41/h1-36H. The van der Waals surface area contributed by atoms with Crippen LogP contribution in [0.2, 0.25) is 0 Å². The van der Waals surface area contributed by atoms with Crippen LogP contribution in [0.1, 0.15) is 0 Å². The van der Waals surface area contributed by atoms with Gasteiger partial charge >= 0.3 is 0 Å². The smallest absolute Gasteiger partial charge is 0.174 e. The fourth-order valence-corrected chi connectivity index (χ4v) is 13.7. The molecule has 0 saturated heterocycles. The van der Waals surface area contributed by atoms with Gasteiger partial charge in [-0.05, 0) is 107 Å². The fourth-order valence-electron chi connectivity index (χ4n) is 10.5. The van der Waals surface area contributed by atoms with Crippen molar-refractivity contribution in [3.63, 3.8) is 0 Å². The van der Waals surface area contributed by atoms with E-state index in [0.29, 0.717) is 0 Å². The molecule has 1 atom stereocenters. The highest BCUT2D eigenvalue weighted by atomic mass is 31.2. The van der Waals surface area contributed by atoms with Crippen LogP contribution in [0.15, 0.2) is 218 Å². The predicted octanol–water partition coefficient (Wildman–Crippen LogP) is 14.4. The fraction of sp³-hybridized carbons (Fsp3) is 0. The molecule has 12 aromatic rings. The van der Waals surface area contributed by atoms with Crippen LogP contribution in [0.25, 0.3) is 104 Å². The molecule has 2 nitrogen and oxygen atoms in total. The van der Waals surface area contributed by atoms with Crippen molar-refractivity contribution in [1.82, 2.24) is 4.57 Å². The van der Waals surface area contributed by atoms with Gasteiger partial charge in [0.05, 0.1) is 16.3 Å². The van der Waals surface area contributed by atoms with Crippen molar-refractivity contribution < 1.29 is 4.57 Å². The van der Waals surface area contributed by atoms with Crippen LogP contribution >= 0.6 is 7.14 Å². The second-order valence-electron chi connectivity index (χ2n) is 16.3. The van der Waals surface area contributed by atoms with Gasteiger partial charge < -0.3 is 9.13 Å². The van der Waals surface area contributed by atoms with Gasteiger partial charge in [-0.2, -0.15) is 0 Å². The van der Waals surface area contributed by atoms with E-state index < -0.39 is 7.14 Å². The van der Waals surface area contributed by atoms with Crippen LogP contribution in [0.3, 0.4) is 0 Å². The summed E-state index contributed by atoms with van der Waals surface area (Å²) in [5.74, 6) is 0. The summed E-state index contributed by atoms with van der Waals surface area (Å²) in [7, 11) is -3.30. The molecule has 0 radical (unpaired) electrons. The van der Waals surface area contributed by atoms with Crippen LogP contribution < -0.4 is 15.9 Å². The molecule has 0 aliphatic carbocycles. The van der Waals surface area contributed by atoms with Crippen LogP contribution in [0, 0.1) is 0 Å². The Kier molecular flexibility index (Phi) is 7.32. The van der Waals surface area contributed by atoms with E-state index in [-0.39, 0.29) is 0 Å². The first-order valence-electron chi connectivity index (χ1n) is 20.9. The van der Waals surface area contributed by atoms with E-state index in [4.69, 9.17) is 0 Å². The van der Waals surface area contributed by atoms with Crippen LogP contribution in [0.4, 0.5) is 0 Å². The maximum Gasteiger partial charge on any atom is 0.174 e. The predicted molar refractivity (Wildman–Crippen MR) is 260 cm³/mol. The Balaban J connectivity index is 1.18. The van der Waals surface area contributed by atoms with Gasteiger partial charge in [0, 0.05) is 27.1 Å². The van der Waals surface area contributed by atoms with E-state index in [1.807, 2.05) is 36.4 Å². The highest BCUT2D eigenvalue weighted by Crippen LogP contribution is 2.55. The topological polar surface area (TPSA) is 22.0 Å². The van der Waals surface area contributed by atoms with Crippen LogP contribution in [0.5, 0.6) is 0 Å². The molecule has 13 rings (SSSR count). The quantitative estimate of drug-likeness (QED) is 0.128. The number of hydrogen-bond donors (Lipinski definition) is 0. The van der Waals surface area contributed by atoms with E-state index in [0.717, 1.165) is 54.5 Å². The molecular weight excluding hydrogens is 758 g/mol. The van der Waals surface area contributed by atoms with Crippen LogP contribution in [-0.4, -0.2) is 4.57 Å². The van der Waals surface area contributed by atoms with Crippen molar-refractivity contribution in [2.24, 2.45) is 0 Å². The Morgan fingerprint density at radius 3 is 1.61 bits per heavy atom. The normalized spacial score (nSPS) is 14.7. The summed E-state index contributed by atoms with van der Waals surface area (Å²) in [4.78, 5) is 0.